The minimum atomic E-state index is 0.423. The van der Waals surface area contributed by atoms with Crippen molar-refractivity contribution in [3.8, 4) is 0 Å². The maximum atomic E-state index is 5.48. The van der Waals surface area contributed by atoms with Crippen molar-refractivity contribution in [3.63, 3.8) is 0 Å². The Kier molecular flexibility index (Phi) is 5.35. The van der Waals surface area contributed by atoms with Gasteiger partial charge in [-0.15, -0.1) is 0 Å². The van der Waals surface area contributed by atoms with Crippen molar-refractivity contribution >= 4 is 11.6 Å². The summed E-state index contributed by atoms with van der Waals surface area (Å²) in [4.78, 5) is 11.2. The summed E-state index contributed by atoms with van der Waals surface area (Å²) in [5, 5.41) is 0. The molecule has 0 atom stereocenters. The molecule has 1 aliphatic rings. The van der Waals surface area contributed by atoms with Crippen molar-refractivity contribution in [2.24, 2.45) is 5.84 Å². The zero-order chi connectivity index (χ0) is 13.5. The molecule has 2 rings (SSSR count). The van der Waals surface area contributed by atoms with E-state index in [2.05, 4.69) is 20.3 Å². The molecule has 1 aromatic heterocycles. The number of hydrazine groups is 1. The number of anilines is 2. The van der Waals surface area contributed by atoms with Crippen LogP contribution in [0.15, 0.2) is 6.07 Å². The van der Waals surface area contributed by atoms with Gasteiger partial charge in [-0.1, -0.05) is 12.8 Å². The van der Waals surface area contributed by atoms with Gasteiger partial charge in [-0.05, 0) is 19.8 Å². The van der Waals surface area contributed by atoms with E-state index in [9.17, 15) is 0 Å². The van der Waals surface area contributed by atoms with Crippen LogP contribution in [0.2, 0.25) is 0 Å². The van der Waals surface area contributed by atoms with Crippen LogP contribution in [0.1, 0.15) is 38.4 Å². The second kappa shape index (κ2) is 7.25. The molecule has 0 aromatic carbocycles. The normalized spacial score (nSPS) is 16.2. The average molecular weight is 265 g/mol. The van der Waals surface area contributed by atoms with Crippen LogP contribution >= 0.6 is 0 Å². The van der Waals surface area contributed by atoms with Gasteiger partial charge in [0, 0.05) is 25.8 Å². The largest absolute Gasteiger partial charge is 0.374 e. The molecule has 3 N–H and O–H groups in total. The van der Waals surface area contributed by atoms with Gasteiger partial charge in [0.25, 0.3) is 0 Å². The van der Waals surface area contributed by atoms with Crippen LogP contribution in [0.4, 0.5) is 11.6 Å². The Hall–Kier alpha value is -1.40. The van der Waals surface area contributed by atoms with Gasteiger partial charge < -0.3 is 15.1 Å². The number of aromatic nitrogens is 2. The lowest BCUT2D eigenvalue weighted by Crippen LogP contribution is -2.26. The van der Waals surface area contributed by atoms with Crippen molar-refractivity contribution in [3.05, 3.63) is 11.9 Å². The van der Waals surface area contributed by atoms with Crippen molar-refractivity contribution in [2.45, 2.75) is 39.2 Å². The molecular weight excluding hydrogens is 242 g/mol. The minimum absolute atomic E-state index is 0.423. The molecule has 106 valence electrons. The summed E-state index contributed by atoms with van der Waals surface area (Å²) in [5.74, 6) is 7.74. The third kappa shape index (κ3) is 4.04. The van der Waals surface area contributed by atoms with Crippen molar-refractivity contribution < 1.29 is 4.74 Å². The maximum Gasteiger partial charge on any atom is 0.158 e. The molecular formula is C13H23N5O. The monoisotopic (exact) mass is 265 g/mol. The molecule has 6 heteroatoms. The number of hydrogen-bond donors (Lipinski definition) is 2. The van der Waals surface area contributed by atoms with Crippen molar-refractivity contribution in [1.82, 2.24) is 9.97 Å². The highest BCUT2D eigenvalue weighted by molar-refractivity contribution is 5.48. The van der Waals surface area contributed by atoms with Gasteiger partial charge in [-0.3, -0.25) is 0 Å². The van der Waals surface area contributed by atoms with E-state index in [1.807, 2.05) is 13.0 Å². The Balaban J connectivity index is 2.17. The zero-order valence-electron chi connectivity index (χ0n) is 11.6. The Morgan fingerprint density at radius 1 is 1.26 bits per heavy atom. The van der Waals surface area contributed by atoms with Gasteiger partial charge >= 0.3 is 0 Å². The first-order chi connectivity index (χ1) is 9.33. The lowest BCUT2D eigenvalue weighted by molar-refractivity contribution is 0.128. The number of ether oxygens (including phenoxy) is 1. The maximum absolute atomic E-state index is 5.48. The number of nitrogens with two attached hydrogens (primary N) is 1. The zero-order valence-corrected chi connectivity index (χ0v) is 11.6. The molecule has 0 spiro atoms. The first-order valence-electron chi connectivity index (χ1n) is 7.00. The van der Waals surface area contributed by atoms with E-state index in [-0.39, 0.29) is 0 Å². The highest BCUT2D eigenvalue weighted by atomic mass is 16.5. The van der Waals surface area contributed by atoms with Crippen LogP contribution in [-0.4, -0.2) is 29.7 Å². The van der Waals surface area contributed by atoms with Crippen LogP contribution in [0.3, 0.4) is 0 Å². The summed E-state index contributed by atoms with van der Waals surface area (Å²) < 4.78 is 5.37. The Morgan fingerprint density at radius 2 is 2.00 bits per heavy atom. The number of hydrogen-bond acceptors (Lipinski definition) is 6. The van der Waals surface area contributed by atoms with Crippen LogP contribution < -0.4 is 16.2 Å². The quantitative estimate of drug-likeness (QED) is 0.623. The third-order valence-electron chi connectivity index (χ3n) is 3.27. The first kappa shape index (κ1) is 14.0. The summed E-state index contributed by atoms with van der Waals surface area (Å²) >= 11 is 0. The molecule has 1 saturated heterocycles. The molecule has 2 heterocycles. The fraction of sp³-hybridized carbons (Fsp3) is 0.692. The van der Waals surface area contributed by atoms with E-state index in [1.54, 1.807) is 0 Å². The number of nitrogen functional groups attached to an aromatic ring is 1. The van der Waals surface area contributed by atoms with Gasteiger partial charge in [0.2, 0.25) is 0 Å². The Labute approximate surface area is 114 Å². The van der Waals surface area contributed by atoms with Crippen molar-refractivity contribution in [2.75, 3.05) is 30.0 Å². The molecule has 0 bridgehead atoms. The van der Waals surface area contributed by atoms with Gasteiger partial charge in [0.05, 0.1) is 0 Å². The number of nitrogens with one attached hydrogen (secondary N) is 1. The highest BCUT2D eigenvalue weighted by Gasteiger charge is 2.13. The Morgan fingerprint density at radius 3 is 2.63 bits per heavy atom. The lowest BCUT2D eigenvalue weighted by Gasteiger charge is -2.22. The van der Waals surface area contributed by atoms with Gasteiger partial charge in [-0.2, -0.15) is 0 Å². The molecule has 1 aromatic rings. The third-order valence-corrected chi connectivity index (χ3v) is 3.27. The highest BCUT2D eigenvalue weighted by Crippen LogP contribution is 2.20. The van der Waals surface area contributed by atoms with E-state index in [1.165, 1.54) is 25.7 Å². The molecule has 0 unspecified atom stereocenters. The summed E-state index contributed by atoms with van der Waals surface area (Å²) in [6.07, 6.45) is 5.04. The fourth-order valence-corrected chi connectivity index (χ4v) is 2.28. The molecule has 19 heavy (non-hydrogen) atoms. The lowest BCUT2D eigenvalue weighted by atomic mass is 10.2. The minimum Gasteiger partial charge on any atom is -0.374 e. The number of nitrogens with zero attached hydrogens (tertiary/aromatic N) is 3. The summed E-state index contributed by atoms with van der Waals surface area (Å²) in [5.41, 5.74) is 2.61. The molecule has 0 aliphatic carbocycles. The second-order valence-electron chi connectivity index (χ2n) is 4.71. The van der Waals surface area contributed by atoms with Gasteiger partial charge in [0.1, 0.15) is 18.2 Å². The predicted molar refractivity (Wildman–Crippen MR) is 75.9 cm³/mol. The van der Waals surface area contributed by atoms with Gasteiger partial charge in [0.15, 0.2) is 5.82 Å². The summed E-state index contributed by atoms with van der Waals surface area (Å²) in [7, 11) is 0. The average Bonchev–Trinajstić information content (AvgIpc) is 2.73. The van der Waals surface area contributed by atoms with E-state index in [0.717, 1.165) is 18.9 Å². The SMILES string of the molecule is CCOCc1nc(NN)cc(N2CCCCCC2)n1. The smallest absolute Gasteiger partial charge is 0.158 e. The summed E-state index contributed by atoms with van der Waals surface area (Å²) in [6.45, 7) is 5.14. The molecule has 1 aliphatic heterocycles. The van der Waals surface area contributed by atoms with E-state index in [4.69, 9.17) is 10.6 Å². The molecule has 0 amide bonds. The molecule has 0 saturated carbocycles. The van der Waals surface area contributed by atoms with Gasteiger partial charge in [-0.25, -0.2) is 15.8 Å². The van der Waals surface area contributed by atoms with Crippen molar-refractivity contribution in [1.29, 1.82) is 0 Å². The summed E-state index contributed by atoms with van der Waals surface area (Å²) in [6, 6.07) is 1.90. The van der Waals surface area contributed by atoms with E-state index < -0.39 is 0 Å². The van der Waals surface area contributed by atoms with Crippen LogP contribution in [0, 0.1) is 0 Å². The second-order valence-corrected chi connectivity index (χ2v) is 4.71. The van der Waals surface area contributed by atoms with E-state index >= 15 is 0 Å². The molecule has 1 fully saturated rings. The topological polar surface area (TPSA) is 76.3 Å². The fourth-order valence-electron chi connectivity index (χ4n) is 2.28. The predicted octanol–water partition coefficient (Wildman–Crippen LogP) is 1.68. The standard InChI is InChI=1S/C13H23N5O/c1-2-19-10-12-15-11(17-14)9-13(16-12)18-7-5-3-4-6-8-18/h9H,2-8,10,14H2,1H3,(H,15,16,17). The van der Waals surface area contributed by atoms with Crippen LogP contribution in [0.5, 0.6) is 0 Å². The Bertz CT molecular complexity index is 391. The first-order valence-corrected chi connectivity index (χ1v) is 7.00. The molecule has 6 nitrogen and oxygen atoms in total. The molecule has 0 radical (unpaired) electrons. The van der Waals surface area contributed by atoms with Crippen LogP contribution in [0.25, 0.3) is 0 Å². The number of rotatable bonds is 5. The van der Waals surface area contributed by atoms with E-state index in [0.29, 0.717) is 24.9 Å². The van der Waals surface area contributed by atoms with Crippen LogP contribution in [-0.2, 0) is 11.3 Å².